The third kappa shape index (κ3) is 2.80. The quantitative estimate of drug-likeness (QED) is 0.731. The first kappa shape index (κ1) is 16.1. The Kier molecular flexibility index (Phi) is 4.20. The maximum Gasteiger partial charge on any atom is 0.318 e. The van der Waals surface area contributed by atoms with Gasteiger partial charge in [0.25, 0.3) is 0 Å². The number of likely N-dealkylation sites (tertiary alicyclic amines) is 1. The van der Waals surface area contributed by atoms with Crippen molar-refractivity contribution < 1.29 is 4.79 Å². The normalized spacial score (nSPS) is 23.6. The number of rotatable bonds is 3. The fourth-order valence-corrected chi connectivity index (χ4v) is 4.34. The molecule has 1 spiro atoms. The van der Waals surface area contributed by atoms with Gasteiger partial charge in [0.2, 0.25) is 0 Å². The van der Waals surface area contributed by atoms with E-state index in [1.807, 2.05) is 24.2 Å². The number of nitrogens with zero attached hydrogens (tertiary/aromatic N) is 4. The number of piperidine rings is 1. The number of anilines is 1. The number of amides is 2. The smallest absolute Gasteiger partial charge is 0.318 e. The number of aromatic amines is 1. The molecule has 8 nitrogen and oxygen atoms in total. The molecule has 134 valence electrons. The zero-order chi connectivity index (χ0) is 17.3. The van der Waals surface area contributed by atoms with Gasteiger partial charge in [-0.05, 0) is 38.8 Å². The summed E-state index contributed by atoms with van der Waals surface area (Å²) in [6.07, 6.45) is 7.74. The molecule has 2 aromatic heterocycles. The molecule has 2 aromatic rings. The first-order chi connectivity index (χ1) is 12.2. The van der Waals surface area contributed by atoms with Gasteiger partial charge in [-0.25, -0.2) is 14.8 Å². The Morgan fingerprint density at radius 2 is 2.16 bits per heavy atom. The van der Waals surface area contributed by atoms with Crippen LogP contribution in [0.25, 0.3) is 11.0 Å². The van der Waals surface area contributed by atoms with Gasteiger partial charge in [-0.2, -0.15) is 0 Å². The maximum absolute atomic E-state index is 12.6. The number of urea groups is 1. The summed E-state index contributed by atoms with van der Waals surface area (Å²) in [6.45, 7) is 3.11. The number of carbonyl (C=O) groups excluding carboxylic acids is 1. The molecule has 2 saturated heterocycles. The van der Waals surface area contributed by atoms with Crippen LogP contribution in [0.4, 0.5) is 10.6 Å². The van der Waals surface area contributed by atoms with Gasteiger partial charge in [0.1, 0.15) is 17.8 Å². The predicted molar refractivity (Wildman–Crippen MR) is 96.5 cm³/mol. The van der Waals surface area contributed by atoms with Gasteiger partial charge < -0.3 is 25.4 Å². The first-order valence-corrected chi connectivity index (χ1v) is 8.97. The van der Waals surface area contributed by atoms with Gasteiger partial charge in [0.05, 0.1) is 17.6 Å². The molecule has 2 fully saturated rings. The summed E-state index contributed by atoms with van der Waals surface area (Å²) in [4.78, 5) is 29.0. The zero-order valence-corrected chi connectivity index (χ0v) is 14.6. The number of hydrogen-bond acceptors (Lipinski definition) is 5. The van der Waals surface area contributed by atoms with Crippen molar-refractivity contribution in [1.29, 1.82) is 0 Å². The first-order valence-electron chi connectivity index (χ1n) is 8.97. The van der Waals surface area contributed by atoms with Crippen LogP contribution in [0.1, 0.15) is 25.7 Å². The van der Waals surface area contributed by atoms with Crippen molar-refractivity contribution in [2.24, 2.45) is 0 Å². The van der Waals surface area contributed by atoms with Crippen molar-refractivity contribution in [3.63, 3.8) is 0 Å². The van der Waals surface area contributed by atoms with Gasteiger partial charge >= 0.3 is 6.03 Å². The van der Waals surface area contributed by atoms with Crippen LogP contribution in [0.15, 0.2) is 18.6 Å². The average Bonchev–Trinajstić information content (AvgIpc) is 3.26. The number of carbonyl (C=O) groups is 1. The van der Waals surface area contributed by atoms with Crippen LogP contribution < -0.4 is 15.5 Å². The summed E-state index contributed by atoms with van der Waals surface area (Å²) in [5.41, 5.74) is 0.767. The Labute approximate surface area is 147 Å². The minimum Gasteiger partial charge on any atom is -0.354 e. The largest absolute Gasteiger partial charge is 0.354 e. The predicted octanol–water partition coefficient (Wildman–Crippen LogP) is 1.28. The van der Waals surface area contributed by atoms with Crippen LogP contribution in [0.2, 0.25) is 0 Å². The molecule has 0 aliphatic carbocycles. The average molecular weight is 343 g/mol. The Morgan fingerprint density at radius 1 is 1.32 bits per heavy atom. The number of aromatic nitrogens is 3. The lowest BCUT2D eigenvalue weighted by Gasteiger charge is -2.46. The van der Waals surface area contributed by atoms with Crippen LogP contribution in [-0.2, 0) is 0 Å². The van der Waals surface area contributed by atoms with Crippen molar-refractivity contribution in [2.75, 3.05) is 38.3 Å². The zero-order valence-electron chi connectivity index (χ0n) is 14.6. The van der Waals surface area contributed by atoms with Crippen LogP contribution in [-0.4, -0.2) is 64.8 Å². The van der Waals surface area contributed by atoms with Crippen molar-refractivity contribution in [2.45, 2.75) is 31.2 Å². The third-order valence-corrected chi connectivity index (χ3v) is 5.45. The number of hydrogen-bond donors (Lipinski definition) is 3. The van der Waals surface area contributed by atoms with Gasteiger partial charge in [0, 0.05) is 25.8 Å². The van der Waals surface area contributed by atoms with E-state index in [-0.39, 0.29) is 11.6 Å². The number of H-pyrrole nitrogens is 1. The molecule has 0 bridgehead atoms. The molecule has 4 rings (SSSR count). The molecule has 3 N–H and O–H groups in total. The maximum atomic E-state index is 12.6. The highest BCUT2D eigenvalue weighted by Gasteiger charge is 2.46. The van der Waals surface area contributed by atoms with Crippen molar-refractivity contribution in [3.05, 3.63) is 18.6 Å². The van der Waals surface area contributed by atoms with E-state index in [1.54, 1.807) is 6.33 Å². The minimum atomic E-state index is -0.0936. The van der Waals surface area contributed by atoms with Gasteiger partial charge in [-0.1, -0.05) is 0 Å². The summed E-state index contributed by atoms with van der Waals surface area (Å²) in [6, 6.07) is 2.06. The van der Waals surface area contributed by atoms with E-state index >= 15 is 0 Å². The molecule has 2 aliphatic heterocycles. The second kappa shape index (κ2) is 6.51. The van der Waals surface area contributed by atoms with Crippen molar-refractivity contribution in [1.82, 2.24) is 30.5 Å². The molecule has 1 atom stereocenters. The molecule has 2 aliphatic rings. The van der Waals surface area contributed by atoms with E-state index in [9.17, 15) is 4.79 Å². The van der Waals surface area contributed by atoms with E-state index in [0.717, 1.165) is 62.2 Å². The highest BCUT2D eigenvalue weighted by Crippen LogP contribution is 2.39. The van der Waals surface area contributed by atoms with Gasteiger partial charge in [-0.15, -0.1) is 0 Å². The number of nitrogens with one attached hydrogen (secondary N) is 3. The standard InChI is InChI=1S/C17H25N7O/c1-18-11-22-16(25)24-9-3-6-17(24)5-2-8-23(10-17)15-13-4-7-19-14(13)20-12-21-15/h4,7,12,18H,2-3,5-6,8-11H2,1H3,(H,22,25)(H,19,20,21). The number of fused-ring (bicyclic) bond motifs is 1. The van der Waals surface area contributed by atoms with Crippen LogP contribution in [0, 0.1) is 0 Å². The molecule has 0 radical (unpaired) electrons. The fourth-order valence-electron chi connectivity index (χ4n) is 4.34. The van der Waals surface area contributed by atoms with Crippen LogP contribution in [0.5, 0.6) is 0 Å². The lowest BCUT2D eigenvalue weighted by molar-refractivity contribution is 0.130. The van der Waals surface area contributed by atoms with E-state index < -0.39 is 0 Å². The van der Waals surface area contributed by atoms with Crippen molar-refractivity contribution in [3.8, 4) is 0 Å². The second-order valence-corrected chi connectivity index (χ2v) is 6.95. The summed E-state index contributed by atoms with van der Waals surface area (Å²) in [5.74, 6) is 0.966. The molecular weight excluding hydrogens is 318 g/mol. The van der Waals surface area contributed by atoms with E-state index in [4.69, 9.17) is 0 Å². The highest BCUT2D eigenvalue weighted by atomic mass is 16.2. The summed E-state index contributed by atoms with van der Waals surface area (Å²) >= 11 is 0. The second-order valence-electron chi connectivity index (χ2n) is 6.95. The SMILES string of the molecule is CNCNC(=O)N1CCCC12CCCN(c1ncnc3[nH]ccc13)C2. The Bertz CT molecular complexity index is 760. The van der Waals surface area contributed by atoms with E-state index in [1.165, 1.54) is 0 Å². The fraction of sp³-hybridized carbons (Fsp3) is 0.588. The van der Waals surface area contributed by atoms with Gasteiger partial charge in [0.15, 0.2) is 0 Å². The monoisotopic (exact) mass is 343 g/mol. The lowest BCUT2D eigenvalue weighted by Crippen LogP contribution is -2.60. The third-order valence-electron chi connectivity index (χ3n) is 5.45. The Morgan fingerprint density at radius 3 is 3.00 bits per heavy atom. The molecule has 1 unspecified atom stereocenters. The highest BCUT2D eigenvalue weighted by molar-refractivity contribution is 5.87. The van der Waals surface area contributed by atoms with Crippen LogP contribution in [0.3, 0.4) is 0 Å². The summed E-state index contributed by atoms with van der Waals surface area (Å²) in [7, 11) is 1.83. The Hall–Kier alpha value is -2.35. The molecule has 25 heavy (non-hydrogen) atoms. The van der Waals surface area contributed by atoms with Crippen LogP contribution >= 0.6 is 0 Å². The molecule has 2 amide bonds. The van der Waals surface area contributed by atoms with Gasteiger partial charge in [-0.3, -0.25) is 0 Å². The molecule has 8 heteroatoms. The van der Waals surface area contributed by atoms with E-state index in [0.29, 0.717) is 6.67 Å². The minimum absolute atomic E-state index is 0.0307. The molecular formula is C17H25N7O. The molecule has 4 heterocycles. The van der Waals surface area contributed by atoms with Crippen molar-refractivity contribution >= 4 is 22.9 Å². The molecule has 0 aromatic carbocycles. The summed E-state index contributed by atoms with van der Waals surface area (Å²) < 4.78 is 0. The Balaban J connectivity index is 1.59. The summed E-state index contributed by atoms with van der Waals surface area (Å²) in [5, 5.41) is 6.97. The van der Waals surface area contributed by atoms with E-state index in [2.05, 4.69) is 30.5 Å². The molecule has 0 saturated carbocycles. The lowest BCUT2D eigenvalue weighted by atomic mass is 9.86. The topological polar surface area (TPSA) is 89.2 Å².